The number of carbonyl (C=O) groups is 1. The Bertz CT molecular complexity index is 1000. The van der Waals surface area contributed by atoms with Gasteiger partial charge in [-0.3, -0.25) is 4.79 Å². The van der Waals surface area contributed by atoms with Crippen LogP contribution >= 0.6 is 11.6 Å². The Kier molecular flexibility index (Phi) is 6.97. The highest BCUT2D eigenvalue weighted by Gasteiger charge is 2.20. The van der Waals surface area contributed by atoms with Crippen molar-refractivity contribution in [3.8, 4) is 22.8 Å². The number of likely N-dealkylation sites (N-methyl/N-ethyl adjacent to an activating group) is 1. The minimum atomic E-state index is -0.314. The lowest BCUT2D eigenvalue weighted by molar-refractivity contribution is 0.0933. The summed E-state index contributed by atoms with van der Waals surface area (Å²) in [7, 11) is 7.08. The average Bonchev–Trinajstić information content (AvgIpc) is 3.24. The molecule has 0 aliphatic rings. The largest absolute Gasteiger partial charge is 0.493 e. The van der Waals surface area contributed by atoms with Crippen LogP contribution < -0.4 is 14.8 Å². The van der Waals surface area contributed by atoms with Crippen LogP contribution in [0.2, 0.25) is 5.02 Å². The second-order valence-corrected chi connectivity index (χ2v) is 7.32. The zero-order valence-electron chi connectivity index (χ0n) is 17.3. The van der Waals surface area contributed by atoms with E-state index >= 15 is 0 Å². The van der Waals surface area contributed by atoms with E-state index in [1.807, 2.05) is 49.3 Å². The molecule has 1 atom stereocenters. The van der Waals surface area contributed by atoms with Gasteiger partial charge in [-0.15, -0.1) is 0 Å². The van der Waals surface area contributed by atoms with Crippen LogP contribution in [0.4, 0.5) is 0 Å². The van der Waals surface area contributed by atoms with Gasteiger partial charge in [0.2, 0.25) is 0 Å². The average molecular weight is 430 g/mol. The zero-order valence-corrected chi connectivity index (χ0v) is 18.1. The minimum Gasteiger partial charge on any atom is -0.493 e. The van der Waals surface area contributed by atoms with Gasteiger partial charge in [0.15, 0.2) is 23.0 Å². The molecular weight excluding hydrogens is 406 g/mol. The summed E-state index contributed by atoms with van der Waals surface area (Å²) in [5.41, 5.74) is 1.99. The minimum absolute atomic E-state index is 0.0728. The standard InChI is InChI=1S/C22H24ClN3O4/c1-26(2)18(15-7-10-19(28-3)21(11-15)29-4)13-24-22(27)17-12-20(30-25-17)14-5-8-16(23)9-6-14/h5-12,18H,13H2,1-4H3,(H,24,27)/t18-/m0/s1. The van der Waals surface area contributed by atoms with Crippen molar-refractivity contribution in [2.24, 2.45) is 0 Å². The van der Waals surface area contributed by atoms with Crippen LogP contribution in [0, 0.1) is 0 Å². The van der Waals surface area contributed by atoms with Crippen molar-refractivity contribution in [3.05, 3.63) is 64.8 Å². The lowest BCUT2D eigenvalue weighted by atomic mass is 10.0. The predicted octanol–water partition coefficient (Wildman–Crippen LogP) is 4.04. The first-order chi connectivity index (χ1) is 14.4. The van der Waals surface area contributed by atoms with E-state index in [0.29, 0.717) is 28.8 Å². The SMILES string of the molecule is COc1ccc([C@H](CNC(=O)c2cc(-c3ccc(Cl)cc3)on2)N(C)C)cc1OC. The fourth-order valence-electron chi connectivity index (χ4n) is 3.07. The van der Waals surface area contributed by atoms with E-state index in [1.54, 1.807) is 32.4 Å². The molecule has 2 aromatic carbocycles. The van der Waals surface area contributed by atoms with Crippen molar-refractivity contribution in [1.29, 1.82) is 0 Å². The van der Waals surface area contributed by atoms with Gasteiger partial charge in [0.1, 0.15) is 0 Å². The van der Waals surface area contributed by atoms with Gasteiger partial charge in [0.25, 0.3) is 5.91 Å². The molecule has 1 aromatic heterocycles. The van der Waals surface area contributed by atoms with Crippen molar-refractivity contribution in [2.45, 2.75) is 6.04 Å². The second-order valence-electron chi connectivity index (χ2n) is 6.89. The fraction of sp³-hybridized carbons (Fsp3) is 0.273. The zero-order chi connectivity index (χ0) is 21.7. The smallest absolute Gasteiger partial charge is 0.273 e. The van der Waals surface area contributed by atoms with Crippen LogP contribution in [0.5, 0.6) is 11.5 Å². The number of carbonyl (C=O) groups excluding carboxylic acids is 1. The van der Waals surface area contributed by atoms with E-state index in [1.165, 1.54) is 0 Å². The normalized spacial score (nSPS) is 11.9. The van der Waals surface area contributed by atoms with Gasteiger partial charge in [-0.1, -0.05) is 22.8 Å². The van der Waals surface area contributed by atoms with E-state index in [0.717, 1.165) is 11.1 Å². The Morgan fingerprint density at radius 2 is 1.80 bits per heavy atom. The Hall–Kier alpha value is -3.03. The fourth-order valence-corrected chi connectivity index (χ4v) is 3.20. The van der Waals surface area contributed by atoms with Crippen LogP contribution in [0.15, 0.2) is 53.1 Å². The molecule has 3 rings (SSSR count). The summed E-state index contributed by atoms with van der Waals surface area (Å²) < 4.78 is 16.0. The highest BCUT2D eigenvalue weighted by molar-refractivity contribution is 6.30. The number of aromatic nitrogens is 1. The summed E-state index contributed by atoms with van der Waals surface area (Å²) in [5.74, 6) is 1.48. The van der Waals surface area contributed by atoms with Gasteiger partial charge in [-0.2, -0.15) is 0 Å². The summed E-state index contributed by atoms with van der Waals surface area (Å²) in [5, 5.41) is 7.44. The molecule has 0 aliphatic heterocycles. The van der Waals surface area contributed by atoms with Gasteiger partial charge in [0, 0.05) is 23.2 Å². The highest BCUT2D eigenvalue weighted by Crippen LogP contribution is 2.31. The van der Waals surface area contributed by atoms with Crippen LogP contribution in [0.1, 0.15) is 22.1 Å². The van der Waals surface area contributed by atoms with Crippen molar-refractivity contribution in [2.75, 3.05) is 34.9 Å². The number of hydrogen-bond acceptors (Lipinski definition) is 6. The highest BCUT2D eigenvalue weighted by atomic mass is 35.5. The first-order valence-electron chi connectivity index (χ1n) is 9.32. The molecule has 3 aromatic rings. The Balaban J connectivity index is 1.71. The van der Waals surface area contributed by atoms with Crippen LogP contribution in [-0.4, -0.2) is 50.8 Å². The third-order valence-electron chi connectivity index (χ3n) is 4.74. The number of amides is 1. The van der Waals surface area contributed by atoms with Crippen LogP contribution in [-0.2, 0) is 0 Å². The van der Waals surface area contributed by atoms with E-state index < -0.39 is 0 Å². The number of nitrogens with one attached hydrogen (secondary N) is 1. The first-order valence-corrected chi connectivity index (χ1v) is 9.70. The first kappa shape index (κ1) is 21.7. The molecule has 0 saturated carbocycles. The molecule has 1 amide bonds. The van der Waals surface area contributed by atoms with E-state index in [4.69, 9.17) is 25.6 Å². The molecule has 0 spiro atoms. The molecular formula is C22H24ClN3O4. The van der Waals surface area contributed by atoms with Gasteiger partial charge < -0.3 is 24.2 Å². The van der Waals surface area contributed by atoms with Gasteiger partial charge >= 0.3 is 0 Å². The van der Waals surface area contributed by atoms with Crippen molar-refractivity contribution in [3.63, 3.8) is 0 Å². The van der Waals surface area contributed by atoms with E-state index in [-0.39, 0.29) is 17.6 Å². The van der Waals surface area contributed by atoms with Gasteiger partial charge in [-0.05, 0) is 56.1 Å². The third kappa shape index (κ3) is 4.93. The number of methoxy groups -OCH3 is 2. The van der Waals surface area contributed by atoms with Crippen LogP contribution in [0.3, 0.4) is 0 Å². The summed E-state index contributed by atoms with van der Waals surface area (Å²) in [6.45, 7) is 0.379. The van der Waals surface area contributed by atoms with E-state index in [2.05, 4.69) is 10.5 Å². The monoisotopic (exact) mass is 429 g/mol. The molecule has 0 fully saturated rings. The summed E-state index contributed by atoms with van der Waals surface area (Å²) in [4.78, 5) is 14.6. The summed E-state index contributed by atoms with van der Waals surface area (Å²) in [6, 6.07) is 14.4. The van der Waals surface area contributed by atoms with Crippen molar-refractivity contribution < 1.29 is 18.8 Å². The van der Waals surface area contributed by atoms with Crippen molar-refractivity contribution >= 4 is 17.5 Å². The number of nitrogens with zero attached hydrogens (tertiary/aromatic N) is 2. The summed E-state index contributed by atoms with van der Waals surface area (Å²) >= 11 is 5.91. The number of hydrogen-bond donors (Lipinski definition) is 1. The van der Waals surface area contributed by atoms with Gasteiger partial charge in [0.05, 0.1) is 20.3 Å². The topological polar surface area (TPSA) is 76.8 Å². The quantitative estimate of drug-likeness (QED) is 0.582. The predicted molar refractivity (Wildman–Crippen MR) is 115 cm³/mol. The lowest BCUT2D eigenvalue weighted by Gasteiger charge is -2.25. The Morgan fingerprint density at radius 1 is 1.10 bits per heavy atom. The maximum atomic E-state index is 12.6. The molecule has 0 aliphatic carbocycles. The van der Waals surface area contributed by atoms with Gasteiger partial charge in [-0.25, -0.2) is 0 Å². The molecule has 30 heavy (non-hydrogen) atoms. The molecule has 158 valence electrons. The number of rotatable bonds is 8. The molecule has 7 nitrogen and oxygen atoms in total. The van der Waals surface area contributed by atoms with E-state index in [9.17, 15) is 4.79 Å². The summed E-state index contributed by atoms with van der Waals surface area (Å²) in [6.07, 6.45) is 0. The molecule has 1 heterocycles. The molecule has 0 saturated heterocycles. The lowest BCUT2D eigenvalue weighted by Crippen LogP contribution is -2.34. The second kappa shape index (κ2) is 9.65. The Morgan fingerprint density at radius 3 is 2.43 bits per heavy atom. The molecule has 0 radical (unpaired) electrons. The van der Waals surface area contributed by atoms with Crippen molar-refractivity contribution in [1.82, 2.24) is 15.4 Å². The maximum Gasteiger partial charge on any atom is 0.273 e. The molecule has 8 heteroatoms. The Labute approximate surface area is 180 Å². The maximum absolute atomic E-state index is 12.6. The molecule has 1 N–H and O–H groups in total. The molecule has 0 unspecified atom stereocenters. The third-order valence-corrected chi connectivity index (χ3v) is 5.00. The number of ether oxygens (including phenoxy) is 2. The number of halogens is 1. The number of benzene rings is 2. The molecule has 0 bridgehead atoms. The van der Waals surface area contributed by atoms with Crippen LogP contribution in [0.25, 0.3) is 11.3 Å².